The van der Waals surface area contributed by atoms with Gasteiger partial charge in [-0.05, 0) is 79.9 Å². The van der Waals surface area contributed by atoms with Crippen LogP contribution in [0.25, 0.3) is 0 Å². The molecule has 0 aromatic rings. The van der Waals surface area contributed by atoms with Gasteiger partial charge in [0, 0.05) is 11.6 Å². The summed E-state index contributed by atoms with van der Waals surface area (Å²) in [5.74, 6) is 2.09. The van der Waals surface area contributed by atoms with Gasteiger partial charge in [-0.25, -0.2) is 0 Å². The smallest absolute Gasteiger partial charge is 0.192 e. The minimum absolute atomic E-state index is 0.0256. The van der Waals surface area contributed by atoms with Crippen LogP contribution in [0.3, 0.4) is 0 Å². The van der Waals surface area contributed by atoms with E-state index < -0.39 is 0 Å². The molecule has 0 amide bonds. The van der Waals surface area contributed by atoms with Crippen molar-refractivity contribution in [3.8, 4) is 0 Å². The van der Waals surface area contributed by atoms with Gasteiger partial charge in [0.2, 0.25) is 0 Å². The van der Waals surface area contributed by atoms with E-state index >= 15 is 0 Å². The fraction of sp³-hybridized carbons (Fsp3) is 0.667. The minimum Gasteiger partial charge on any atom is -0.290 e. The largest absolute Gasteiger partial charge is 0.290 e. The van der Waals surface area contributed by atoms with Crippen molar-refractivity contribution in [3.63, 3.8) is 0 Å². The van der Waals surface area contributed by atoms with Crippen LogP contribution >= 0.6 is 11.8 Å². The molecule has 3 rings (SSSR count). The van der Waals surface area contributed by atoms with Crippen molar-refractivity contribution in [1.82, 2.24) is 0 Å². The summed E-state index contributed by atoms with van der Waals surface area (Å²) in [5, 5.41) is 0. The van der Waals surface area contributed by atoms with Gasteiger partial charge >= 0.3 is 0 Å². The predicted molar refractivity (Wildman–Crippen MR) is 115 cm³/mol. The quantitative estimate of drug-likeness (QED) is 0.412. The van der Waals surface area contributed by atoms with Gasteiger partial charge in [0.1, 0.15) is 0 Å². The van der Waals surface area contributed by atoms with Gasteiger partial charge in [-0.1, -0.05) is 39.3 Å². The first-order valence-electron chi connectivity index (χ1n) is 10.5. The van der Waals surface area contributed by atoms with Crippen molar-refractivity contribution in [2.75, 3.05) is 5.75 Å². The number of rotatable bonds is 5. The van der Waals surface area contributed by atoms with E-state index in [0.717, 1.165) is 30.6 Å². The number of hydrogen-bond acceptors (Lipinski definition) is 3. The van der Waals surface area contributed by atoms with Crippen LogP contribution in [0.5, 0.6) is 0 Å². The molecule has 3 aliphatic carbocycles. The Kier molecular flexibility index (Phi) is 5.91. The van der Waals surface area contributed by atoms with E-state index in [9.17, 15) is 9.59 Å². The molecule has 0 aromatic heterocycles. The molecule has 2 nitrogen and oxygen atoms in total. The lowest BCUT2D eigenvalue weighted by Crippen LogP contribution is -2.50. The van der Waals surface area contributed by atoms with Crippen LogP contribution in [0, 0.1) is 22.7 Å². The maximum absolute atomic E-state index is 12.8. The Balaban J connectivity index is 1.86. The second kappa shape index (κ2) is 7.73. The first-order valence-corrected chi connectivity index (χ1v) is 11.5. The van der Waals surface area contributed by atoms with E-state index in [1.165, 1.54) is 36.6 Å². The van der Waals surface area contributed by atoms with Crippen molar-refractivity contribution >= 4 is 23.3 Å². The first-order chi connectivity index (χ1) is 12.7. The molecule has 3 aliphatic rings. The molecule has 0 bridgehead atoms. The maximum Gasteiger partial charge on any atom is 0.192 e. The number of carbonyl (C=O) groups excluding carboxylic acids is 2. The van der Waals surface area contributed by atoms with E-state index in [0.29, 0.717) is 16.7 Å². The summed E-state index contributed by atoms with van der Waals surface area (Å²) < 4.78 is 0. The lowest BCUT2D eigenvalue weighted by molar-refractivity contribution is -0.115. The molecule has 0 unspecified atom stereocenters. The lowest BCUT2D eigenvalue weighted by Gasteiger charge is -2.58. The number of carbonyl (C=O) groups is 2. The third-order valence-electron chi connectivity index (χ3n) is 7.75. The zero-order valence-electron chi connectivity index (χ0n) is 17.6. The summed E-state index contributed by atoms with van der Waals surface area (Å²) in [4.78, 5) is 26.0. The van der Waals surface area contributed by atoms with Gasteiger partial charge in [0.15, 0.2) is 11.6 Å². The van der Waals surface area contributed by atoms with Gasteiger partial charge in [0.25, 0.3) is 0 Å². The molecule has 0 N–H and O–H groups in total. The molecule has 0 heterocycles. The van der Waals surface area contributed by atoms with Gasteiger partial charge in [0.05, 0.1) is 4.91 Å². The molecule has 0 spiro atoms. The van der Waals surface area contributed by atoms with Gasteiger partial charge in [-0.15, -0.1) is 11.8 Å². The average Bonchev–Trinajstić information content (AvgIpc) is 2.62. The van der Waals surface area contributed by atoms with Crippen LogP contribution in [0.2, 0.25) is 0 Å². The first kappa shape index (κ1) is 20.6. The molecule has 4 atom stereocenters. The summed E-state index contributed by atoms with van der Waals surface area (Å²) in [6, 6.07) is 0. The molecule has 27 heavy (non-hydrogen) atoms. The number of allylic oxidation sites excluding steroid dienone is 6. The standard InChI is InChI=1S/C24H34O2S/c1-6-12-27-21-14-19(25)18(13-20(21)26)15-24(5)17(3)10-11-23(4)16(2)8-7-9-22(23)24/h8,13-14,17,22H,6-7,9-12,15H2,1-5H3/t17-,22+,23+,24+/m0/s1. The van der Waals surface area contributed by atoms with Crippen LogP contribution < -0.4 is 0 Å². The zero-order chi connectivity index (χ0) is 19.8. The Morgan fingerprint density at radius 2 is 1.89 bits per heavy atom. The van der Waals surface area contributed by atoms with Crippen molar-refractivity contribution in [2.24, 2.45) is 22.7 Å². The summed E-state index contributed by atoms with van der Waals surface area (Å²) in [7, 11) is 0. The third-order valence-corrected chi connectivity index (χ3v) is 9.00. The van der Waals surface area contributed by atoms with E-state index in [1.807, 2.05) is 0 Å². The monoisotopic (exact) mass is 386 g/mol. The molecule has 0 saturated heterocycles. The van der Waals surface area contributed by atoms with Gasteiger partial charge in [-0.2, -0.15) is 0 Å². The Morgan fingerprint density at radius 3 is 2.59 bits per heavy atom. The fourth-order valence-electron chi connectivity index (χ4n) is 5.67. The molecular formula is C24H34O2S. The average molecular weight is 387 g/mol. The highest BCUT2D eigenvalue weighted by Crippen LogP contribution is 2.62. The number of ketones is 2. The minimum atomic E-state index is 0.0256. The summed E-state index contributed by atoms with van der Waals surface area (Å²) in [6.07, 6.45) is 12.2. The van der Waals surface area contributed by atoms with E-state index in [4.69, 9.17) is 0 Å². The second-order valence-corrected chi connectivity index (χ2v) is 10.4. The van der Waals surface area contributed by atoms with Crippen LogP contribution in [-0.4, -0.2) is 17.3 Å². The van der Waals surface area contributed by atoms with E-state index in [1.54, 1.807) is 12.2 Å². The zero-order valence-corrected chi connectivity index (χ0v) is 18.4. The van der Waals surface area contributed by atoms with Crippen LogP contribution in [-0.2, 0) is 9.59 Å². The highest BCUT2D eigenvalue weighted by molar-refractivity contribution is 8.04. The van der Waals surface area contributed by atoms with Crippen LogP contribution in [0.1, 0.15) is 73.1 Å². The second-order valence-electron chi connectivity index (χ2n) is 9.31. The van der Waals surface area contributed by atoms with Gasteiger partial charge in [-0.3, -0.25) is 9.59 Å². The molecule has 1 saturated carbocycles. The predicted octanol–water partition coefficient (Wildman–Crippen LogP) is 6.28. The summed E-state index contributed by atoms with van der Waals surface area (Å²) in [5.41, 5.74) is 2.55. The van der Waals surface area contributed by atoms with E-state index in [-0.39, 0.29) is 22.4 Å². The van der Waals surface area contributed by atoms with Crippen molar-refractivity contribution in [1.29, 1.82) is 0 Å². The highest BCUT2D eigenvalue weighted by Gasteiger charge is 2.53. The molecule has 148 valence electrons. The number of hydrogen-bond donors (Lipinski definition) is 0. The Bertz CT molecular complexity index is 729. The Morgan fingerprint density at radius 1 is 1.15 bits per heavy atom. The molecule has 1 fully saturated rings. The molecule has 0 aliphatic heterocycles. The normalized spacial score (nSPS) is 36.7. The Hall–Kier alpha value is -1.09. The van der Waals surface area contributed by atoms with Crippen molar-refractivity contribution in [2.45, 2.75) is 73.1 Å². The number of thioether (sulfide) groups is 1. The topological polar surface area (TPSA) is 34.1 Å². The Labute approximate surface area is 168 Å². The van der Waals surface area contributed by atoms with Gasteiger partial charge < -0.3 is 0 Å². The fourth-order valence-corrected chi connectivity index (χ4v) is 6.48. The maximum atomic E-state index is 12.8. The van der Waals surface area contributed by atoms with Crippen LogP contribution in [0.4, 0.5) is 0 Å². The van der Waals surface area contributed by atoms with Crippen molar-refractivity contribution in [3.05, 3.63) is 34.3 Å². The molecule has 0 aromatic carbocycles. The molecular weight excluding hydrogens is 352 g/mol. The van der Waals surface area contributed by atoms with Crippen LogP contribution in [0.15, 0.2) is 34.3 Å². The van der Waals surface area contributed by atoms with Crippen molar-refractivity contribution < 1.29 is 9.59 Å². The number of fused-ring (bicyclic) bond motifs is 1. The summed E-state index contributed by atoms with van der Waals surface area (Å²) in [6.45, 7) is 11.5. The lowest BCUT2D eigenvalue weighted by atomic mass is 9.46. The highest BCUT2D eigenvalue weighted by atomic mass is 32.2. The van der Waals surface area contributed by atoms with E-state index in [2.05, 4.69) is 40.7 Å². The molecule has 3 heteroatoms. The summed E-state index contributed by atoms with van der Waals surface area (Å²) >= 11 is 1.51. The third kappa shape index (κ3) is 3.64. The SMILES string of the molecule is CCCSC1=CC(=O)C(C[C@]2(C)[C@@H](C)CC[C@]3(C)C(C)=CCC[C@@H]23)=CC1=O. The molecule has 0 radical (unpaired) electrons.